The molecule has 1 unspecified atom stereocenters. The molecule has 0 saturated carbocycles. The van der Waals surface area contributed by atoms with E-state index < -0.39 is 0 Å². The average molecular weight is 295 g/mol. The Hall–Kier alpha value is -1.87. The number of hydrogen-bond acceptors (Lipinski definition) is 2. The van der Waals surface area contributed by atoms with E-state index in [0.717, 1.165) is 18.7 Å². The molecule has 1 aromatic carbocycles. The van der Waals surface area contributed by atoms with Crippen molar-refractivity contribution in [3.05, 3.63) is 65.3 Å². The van der Waals surface area contributed by atoms with Gasteiger partial charge < -0.3 is 10.3 Å². The number of aromatic nitrogens is 2. The van der Waals surface area contributed by atoms with E-state index in [1.165, 1.54) is 36.8 Å². The van der Waals surface area contributed by atoms with Gasteiger partial charge in [0.25, 0.3) is 0 Å². The van der Waals surface area contributed by atoms with Crippen LogP contribution in [0.25, 0.3) is 0 Å². The molecule has 3 heteroatoms. The van der Waals surface area contributed by atoms with Crippen LogP contribution in [-0.4, -0.2) is 16.0 Å². The molecule has 0 radical (unpaired) electrons. The fourth-order valence-electron chi connectivity index (χ4n) is 3.15. The zero-order valence-electron chi connectivity index (χ0n) is 13.3. The maximum Gasteiger partial charge on any atom is 0.0922 e. The van der Waals surface area contributed by atoms with Crippen LogP contribution >= 0.6 is 0 Å². The van der Waals surface area contributed by atoms with Crippen molar-refractivity contribution in [3.8, 4) is 0 Å². The maximum atomic E-state index is 4.07. The minimum absolute atomic E-state index is 0.477. The minimum Gasteiger partial charge on any atom is -0.347 e. The molecule has 116 valence electrons. The van der Waals surface area contributed by atoms with E-state index in [1.54, 1.807) is 11.9 Å². The molecule has 0 bridgehead atoms. The van der Waals surface area contributed by atoms with Crippen molar-refractivity contribution in [1.82, 2.24) is 15.3 Å². The zero-order valence-corrected chi connectivity index (χ0v) is 13.3. The van der Waals surface area contributed by atoms with E-state index in [1.807, 2.05) is 6.20 Å². The van der Waals surface area contributed by atoms with Crippen LogP contribution in [0.5, 0.6) is 0 Å². The van der Waals surface area contributed by atoms with Gasteiger partial charge in [0.05, 0.1) is 6.33 Å². The summed E-state index contributed by atoms with van der Waals surface area (Å²) in [4.78, 5) is 7.23. The fraction of sp³-hybridized carbons (Fsp3) is 0.421. The predicted molar refractivity (Wildman–Crippen MR) is 90.6 cm³/mol. The maximum absolute atomic E-state index is 4.07. The van der Waals surface area contributed by atoms with Crippen molar-refractivity contribution >= 4 is 0 Å². The second kappa shape index (κ2) is 7.41. The van der Waals surface area contributed by atoms with Crippen molar-refractivity contribution < 1.29 is 0 Å². The van der Waals surface area contributed by atoms with E-state index in [0.29, 0.717) is 6.04 Å². The molecule has 1 aliphatic carbocycles. The second-order valence-corrected chi connectivity index (χ2v) is 6.24. The quantitative estimate of drug-likeness (QED) is 0.821. The molecular formula is C19H25N3. The smallest absolute Gasteiger partial charge is 0.0922 e. The first-order valence-corrected chi connectivity index (χ1v) is 8.26. The first-order valence-electron chi connectivity index (χ1n) is 8.26. The molecule has 2 aromatic rings. The van der Waals surface area contributed by atoms with Crippen molar-refractivity contribution in [3.63, 3.8) is 0 Å². The number of imidazole rings is 1. The van der Waals surface area contributed by atoms with Gasteiger partial charge in [-0.05, 0) is 43.7 Å². The van der Waals surface area contributed by atoms with Crippen LogP contribution in [0.2, 0.25) is 0 Å². The van der Waals surface area contributed by atoms with E-state index in [2.05, 4.69) is 52.5 Å². The number of aromatic amines is 1. The Morgan fingerprint density at radius 2 is 2.18 bits per heavy atom. The minimum atomic E-state index is 0.477. The Bertz CT molecular complexity index is 613. The van der Waals surface area contributed by atoms with Gasteiger partial charge in [0.1, 0.15) is 0 Å². The summed E-state index contributed by atoms with van der Waals surface area (Å²) in [6.45, 7) is 3.07. The van der Waals surface area contributed by atoms with Gasteiger partial charge in [0.2, 0.25) is 0 Å². The Kier molecular flexibility index (Phi) is 5.07. The van der Waals surface area contributed by atoms with E-state index >= 15 is 0 Å². The summed E-state index contributed by atoms with van der Waals surface area (Å²) in [5.74, 6) is 0. The van der Waals surface area contributed by atoms with Gasteiger partial charge in [-0.1, -0.05) is 42.3 Å². The van der Waals surface area contributed by atoms with Crippen LogP contribution in [-0.2, 0) is 13.0 Å². The molecule has 1 atom stereocenters. The number of aryl methyl sites for hydroxylation is 1. The van der Waals surface area contributed by atoms with Crippen LogP contribution in [0.4, 0.5) is 0 Å². The van der Waals surface area contributed by atoms with E-state index in [9.17, 15) is 0 Å². The number of rotatable bonds is 5. The Labute approximate surface area is 132 Å². The molecular weight excluding hydrogens is 270 g/mol. The molecule has 0 saturated heterocycles. The highest BCUT2D eigenvalue weighted by Gasteiger charge is 2.13. The topological polar surface area (TPSA) is 40.7 Å². The predicted octanol–water partition coefficient (Wildman–Crippen LogP) is 3.92. The lowest BCUT2D eigenvalue weighted by molar-refractivity contribution is 0.535. The molecule has 1 aromatic heterocycles. The summed E-state index contributed by atoms with van der Waals surface area (Å²) >= 11 is 0. The number of benzene rings is 1. The summed E-state index contributed by atoms with van der Waals surface area (Å²) in [6, 6.07) is 9.21. The van der Waals surface area contributed by atoms with Crippen LogP contribution < -0.4 is 5.32 Å². The number of H-pyrrole nitrogens is 1. The normalized spacial score (nSPS) is 18.8. The van der Waals surface area contributed by atoms with E-state index in [4.69, 9.17) is 0 Å². The highest BCUT2D eigenvalue weighted by atomic mass is 15.0. The second-order valence-electron chi connectivity index (χ2n) is 6.24. The number of allylic oxidation sites excluding steroid dienone is 1. The molecule has 0 fully saturated rings. The highest BCUT2D eigenvalue weighted by Crippen LogP contribution is 2.22. The lowest BCUT2D eigenvalue weighted by Crippen LogP contribution is -2.26. The van der Waals surface area contributed by atoms with Gasteiger partial charge >= 0.3 is 0 Å². The summed E-state index contributed by atoms with van der Waals surface area (Å²) in [6.07, 6.45) is 12.3. The van der Waals surface area contributed by atoms with Crippen molar-refractivity contribution in [2.75, 3.05) is 0 Å². The molecule has 1 aliphatic rings. The van der Waals surface area contributed by atoms with Gasteiger partial charge in [-0.15, -0.1) is 0 Å². The van der Waals surface area contributed by atoms with Crippen molar-refractivity contribution in [1.29, 1.82) is 0 Å². The van der Waals surface area contributed by atoms with Crippen LogP contribution in [0, 0.1) is 6.92 Å². The molecule has 0 amide bonds. The summed E-state index contributed by atoms with van der Waals surface area (Å²) in [5.41, 5.74) is 5.59. The Morgan fingerprint density at radius 3 is 3.00 bits per heavy atom. The van der Waals surface area contributed by atoms with Gasteiger partial charge in [-0.3, -0.25) is 0 Å². The molecule has 0 spiro atoms. The number of nitrogens with zero attached hydrogens (tertiary/aromatic N) is 1. The number of nitrogens with one attached hydrogen (secondary N) is 2. The van der Waals surface area contributed by atoms with Crippen LogP contribution in [0.15, 0.2) is 48.4 Å². The summed E-state index contributed by atoms with van der Waals surface area (Å²) < 4.78 is 0. The largest absolute Gasteiger partial charge is 0.347 e. The lowest BCUT2D eigenvalue weighted by atomic mass is 9.97. The Balaban J connectivity index is 1.65. The lowest BCUT2D eigenvalue weighted by Gasteiger charge is -2.14. The first kappa shape index (κ1) is 15.0. The van der Waals surface area contributed by atoms with E-state index in [-0.39, 0.29) is 0 Å². The molecule has 0 aliphatic heterocycles. The fourth-order valence-corrected chi connectivity index (χ4v) is 3.15. The molecule has 2 N–H and O–H groups in total. The van der Waals surface area contributed by atoms with Crippen LogP contribution in [0.3, 0.4) is 0 Å². The summed E-state index contributed by atoms with van der Waals surface area (Å²) in [5, 5.41) is 3.65. The van der Waals surface area contributed by atoms with Gasteiger partial charge in [-0.25, -0.2) is 4.98 Å². The average Bonchev–Trinajstić information content (AvgIpc) is 2.94. The monoisotopic (exact) mass is 295 g/mol. The number of hydrogen-bond donors (Lipinski definition) is 2. The van der Waals surface area contributed by atoms with Gasteiger partial charge in [0, 0.05) is 24.5 Å². The Morgan fingerprint density at radius 1 is 1.27 bits per heavy atom. The molecule has 22 heavy (non-hydrogen) atoms. The molecule has 3 nitrogen and oxygen atoms in total. The van der Waals surface area contributed by atoms with Crippen molar-refractivity contribution in [2.24, 2.45) is 0 Å². The van der Waals surface area contributed by atoms with Crippen molar-refractivity contribution in [2.45, 2.75) is 51.6 Å². The third-order valence-corrected chi connectivity index (χ3v) is 4.49. The third kappa shape index (κ3) is 4.08. The highest BCUT2D eigenvalue weighted by molar-refractivity contribution is 5.30. The summed E-state index contributed by atoms with van der Waals surface area (Å²) in [7, 11) is 0. The zero-order chi connectivity index (χ0) is 15.2. The SMILES string of the molecule is Cc1ccccc1CC1=CC(NCc2cnc[nH]2)CCCC1. The van der Waals surface area contributed by atoms with Crippen LogP contribution in [0.1, 0.15) is 42.5 Å². The van der Waals surface area contributed by atoms with Gasteiger partial charge in [0.15, 0.2) is 0 Å². The third-order valence-electron chi connectivity index (χ3n) is 4.49. The standard InChI is InChI=1S/C19H25N3/c1-15-6-2-4-8-17(15)10-16-7-3-5-9-18(11-16)21-13-19-12-20-14-22-19/h2,4,6,8,11-12,14,18,21H,3,5,7,9-10,13H2,1H3,(H,20,22). The molecule has 3 rings (SSSR count). The van der Waals surface area contributed by atoms with Gasteiger partial charge in [-0.2, -0.15) is 0 Å². The molecule has 1 heterocycles. The first-order chi connectivity index (χ1) is 10.8.